The normalized spacial score (nSPS) is 18.7. The van der Waals surface area contributed by atoms with Gasteiger partial charge in [-0.15, -0.1) is 0 Å². The lowest BCUT2D eigenvalue weighted by Gasteiger charge is -2.23. The van der Waals surface area contributed by atoms with Crippen LogP contribution in [-0.2, 0) is 9.53 Å². The fraction of sp³-hybridized carbons (Fsp3) is 0.533. The lowest BCUT2D eigenvalue weighted by atomic mass is 10.2. The van der Waals surface area contributed by atoms with Gasteiger partial charge >= 0.3 is 0 Å². The molecule has 1 fully saturated rings. The van der Waals surface area contributed by atoms with Crippen LogP contribution in [0.2, 0.25) is 5.02 Å². The Morgan fingerprint density at radius 1 is 1.48 bits per heavy atom. The number of nitrogens with zero attached hydrogens (tertiary/aromatic N) is 1. The van der Waals surface area contributed by atoms with Crippen LogP contribution < -0.4 is 10.1 Å². The van der Waals surface area contributed by atoms with E-state index >= 15 is 0 Å². The van der Waals surface area contributed by atoms with E-state index in [4.69, 9.17) is 21.1 Å². The van der Waals surface area contributed by atoms with Crippen LogP contribution in [0.15, 0.2) is 18.2 Å². The first-order valence-electron chi connectivity index (χ1n) is 7.00. The van der Waals surface area contributed by atoms with Crippen LogP contribution in [0.1, 0.15) is 12.8 Å². The van der Waals surface area contributed by atoms with E-state index in [1.165, 1.54) is 0 Å². The van der Waals surface area contributed by atoms with Gasteiger partial charge in [0.1, 0.15) is 5.75 Å². The lowest BCUT2D eigenvalue weighted by molar-refractivity contribution is -0.117. The summed E-state index contributed by atoms with van der Waals surface area (Å²) in [6.45, 7) is 1.98. The number of likely N-dealkylation sites (tertiary alicyclic amines) is 1. The molecule has 1 N–H and O–H groups in total. The zero-order valence-corrected chi connectivity index (χ0v) is 13.2. The Labute approximate surface area is 130 Å². The Bertz CT molecular complexity index is 496. The van der Waals surface area contributed by atoms with Crippen molar-refractivity contribution in [1.29, 1.82) is 0 Å². The third-order valence-corrected chi connectivity index (χ3v) is 3.94. The molecule has 1 heterocycles. The van der Waals surface area contributed by atoms with Crippen molar-refractivity contribution in [3.8, 4) is 5.75 Å². The second kappa shape index (κ2) is 7.64. The molecular weight excluding hydrogens is 292 g/mol. The Morgan fingerprint density at radius 3 is 2.95 bits per heavy atom. The van der Waals surface area contributed by atoms with Crippen LogP contribution in [0.3, 0.4) is 0 Å². The Morgan fingerprint density at radius 2 is 2.29 bits per heavy atom. The number of hydrogen-bond donors (Lipinski definition) is 1. The molecule has 1 aromatic rings. The molecule has 116 valence electrons. The maximum atomic E-state index is 12.1. The van der Waals surface area contributed by atoms with Crippen LogP contribution in [0.4, 0.5) is 5.69 Å². The Kier molecular flexibility index (Phi) is 5.85. The van der Waals surface area contributed by atoms with E-state index in [9.17, 15) is 4.79 Å². The van der Waals surface area contributed by atoms with Gasteiger partial charge in [-0.3, -0.25) is 9.69 Å². The minimum atomic E-state index is -0.0424. The predicted octanol–water partition coefficient (Wildman–Crippen LogP) is 2.40. The fourth-order valence-corrected chi connectivity index (χ4v) is 2.87. The first kappa shape index (κ1) is 16.1. The highest BCUT2D eigenvalue weighted by Gasteiger charge is 2.26. The molecule has 1 amide bonds. The van der Waals surface area contributed by atoms with Crippen molar-refractivity contribution in [3.05, 3.63) is 23.2 Å². The third kappa shape index (κ3) is 4.33. The summed E-state index contributed by atoms with van der Waals surface area (Å²) in [5.41, 5.74) is 0.674. The molecule has 5 nitrogen and oxygen atoms in total. The standard InChI is InChI=1S/C15H21ClN2O3/c1-20-10-12-4-3-7-18(12)9-15(19)17-11-5-6-14(21-2)13(16)8-11/h5-6,8,12H,3-4,7,9-10H2,1-2H3,(H,17,19)/t12-/m0/s1. The molecule has 0 saturated carbocycles. The highest BCUT2D eigenvalue weighted by Crippen LogP contribution is 2.27. The smallest absolute Gasteiger partial charge is 0.238 e. The van der Waals surface area contributed by atoms with Gasteiger partial charge in [0.2, 0.25) is 5.91 Å². The zero-order valence-electron chi connectivity index (χ0n) is 12.4. The lowest BCUT2D eigenvalue weighted by Crippen LogP contribution is -2.38. The SMILES string of the molecule is COC[C@@H]1CCCN1CC(=O)Nc1ccc(OC)c(Cl)c1. The van der Waals surface area contributed by atoms with Crippen molar-refractivity contribution in [3.63, 3.8) is 0 Å². The van der Waals surface area contributed by atoms with Gasteiger partial charge in [-0.05, 0) is 37.6 Å². The largest absolute Gasteiger partial charge is 0.495 e. The van der Waals surface area contributed by atoms with Gasteiger partial charge < -0.3 is 14.8 Å². The summed E-state index contributed by atoms with van der Waals surface area (Å²) < 4.78 is 10.3. The second-order valence-electron chi connectivity index (χ2n) is 5.12. The van der Waals surface area contributed by atoms with E-state index in [-0.39, 0.29) is 5.91 Å². The van der Waals surface area contributed by atoms with Crippen molar-refractivity contribution in [2.45, 2.75) is 18.9 Å². The van der Waals surface area contributed by atoms with Crippen LogP contribution in [-0.4, -0.2) is 50.8 Å². The number of benzene rings is 1. The van der Waals surface area contributed by atoms with E-state index < -0.39 is 0 Å². The number of methoxy groups -OCH3 is 2. The molecule has 1 aromatic carbocycles. The molecule has 1 aliphatic rings. The molecule has 0 aliphatic carbocycles. The molecule has 1 saturated heterocycles. The Hall–Kier alpha value is -1.30. The van der Waals surface area contributed by atoms with Crippen molar-refractivity contribution < 1.29 is 14.3 Å². The summed E-state index contributed by atoms with van der Waals surface area (Å²) in [5.74, 6) is 0.550. The summed E-state index contributed by atoms with van der Waals surface area (Å²) in [5, 5.41) is 3.34. The first-order valence-corrected chi connectivity index (χ1v) is 7.38. The van der Waals surface area contributed by atoms with Crippen molar-refractivity contribution >= 4 is 23.2 Å². The van der Waals surface area contributed by atoms with Gasteiger partial charge in [-0.2, -0.15) is 0 Å². The number of amides is 1. The summed E-state index contributed by atoms with van der Waals surface area (Å²) >= 11 is 6.04. The molecule has 6 heteroatoms. The van der Waals surface area contributed by atoms with Gasteiger partial charge in [0.25, 0.3) is 0 Å². The minimum Gasteiger partial charge on any atom is -0.495 e. The third-order valence-electron chi connectivity index (χ3n) is 3.64. The van der Waals surface area contributed by atoms with Crippen LogP contribution >= 0.6 is 11.6 Å². The molecule has 1 atom stereocenters. The van der Waals surface area contributed by atoms with Crippen molar-refractivity contribution in [2.24, 2.45) is 0 Å². The van der Waals surface area contributed by atoms with E-state index in [0.717, 1.165) is 19.4 Å². The van der Waals surface area contributed by atoms with Crippen molar-refractivity contribution in [1.82, 2.24) is 4.90 Å². The Balaban J connectivity index is 1.91. The molecular formula is C15H21ClN2O3. The van der Waals surface area contributed by atoms with Crippen LogP contribution in [0.25, 0.3) is 0 Å². The average Bonchev–Trinajstić information content (AvgIpc) is 2.86. The topological polar surface area (TPSA) is 50.8 Å². The molecule has 0 bridgehead atoms. The van der Waals surface area contributed by atoms with Crippen LogP contribution in [0.5, 0.6) is 5.75 Å². The molecule has 0 spiro atoms. The van der Waals surface area contributed by atoms with Crippen molar-refractivity contribution in [2.75, 3.05) is 39.2 Å². The maximum absolute atomic E-state index is 12.1. The van der Waals surface area contributed by atoms with Gasteiger partial charge in [0.15, 0.2) is 0 Å². The zero-order chi connectivity index (χ0) is 15.2. The summed E-state index contributed by atoms with van der Waals surface area (Å²) in [4.78, 5) is 14.3. The highest BCUT2D eigenvalue weighted by molar-refractivity contribution is 6.32. The number of hydrogen-bond acceptors (Lipinski definition) is 4. The number of rotatable bonds is 6. The fourth-order valence-electron chi connectivity index (χ4n) is 2.61. The van der Waals surface area contributed by atoms with Crippen LogP contribution in [0, 0.1) is 0 Å². The van der Waals surface area contributed by atoms with E-state index in [0.29, 0.717) is 35.7 Å². The average molecular weight is 313 g/mol. The molecule has 1 aliphatic heterocycles. The summed E-state index contributed by atoms with van der Waals surface area (Å²) in [6.07, 6.45) is 2.19. The quantitative estimate of drug-likeness (QED) is 0.876. The minimum absolute atomic E-state index is 0.0424. The van der Waals surface area contributed by atoms with E-state index in [1.807, 2.05) is 0 Å². The number of nitrogens with one attached hydrogen (secondary N) is 1. The second-order valence-corrected chi connectivity index (χ2v) is 5.53. The molecule has 2 rings (SSSR count). The van der Waals surface area contributed by atoms with Gasteiger partial charge in [0.05, 0.1) is 25.3 Å². The van der Waals surface area contributed by atoms with E-state index in [1.54, 1.807) is 32.4 Å². The molecule has 21 heavy (non-hydrogen) atoms. The summed E-state index contributed by atoms with van der Waals surface area (Å²) in [6, 6.07) is 5.54. The number of carbonyl (C=O) groups is 1. The number of halogens is 1. The monoisotopic (exact) mass is 312 g/mol. The predicted molar refractivity (Wildman–Crippen MR) is 83.1 cm³/mol. The maximum Gasteiger partial charge on any atom is 0.238 e. The number of ether oxygens (including phenoxy) is 2. The first-order chi connectivity index (χ1) is 10.1. The summed E-state index contributed by atoms with van der Waals surface area (Å²) in [7, 11) is 3.25. The van der Waals surface area contributed by atoms with E-state index in [2.05, 4.69) is 10.2 Å². The van der Waals surface area contributed by atoms with Gasteiger partial charge in [0, 0.05) is 18.8 Å². The highest BCUT2D eigenvalue weighted by atomic mass is 35.5. The van der Waals surface area contributed by atoms with Gasteiger partial charge in [-0.25, -0.2) is 0 Å². The molecule has 0 radical (unpaired) electrons. The van der Waals surface area contributed by atoms with Gasteiger partial charge in [-0.1, -0.05) is 11.6 Å². The molecule has 0 aromatic heterocycles. The number of anilines is 1. The molecule has 0 unspecified atom stereocenters. The number of carbonyl (C=O) groups excluding carboxylic acids is 1.